The topological polar surface area (TPSA) is 29.5 Å². The molecule has 1 rings (SSSR count). The minimum Gasteiger partial charge on any atom is -0.497 e. The number of benzene rings is 1. The fourth-order valence-corrected chi connectivity index (χ4v) is 2.49. The average molecular weight is 278 g/mol. The van der Waals surface area contributed by atoms with Crippen molar-refractivity contribution in [3.8, 4) is 5.75 Å². The number of aliphatic hydroxyl groups excluding tert-OH is 1. The highest BCUT2D eigenvalue weighted by Crippen LogP contribution is 2.23. The van der Waals surface area contributed by atoms with Gasteiger partial charge in [-0.25, -0.2) is 0 Å². The van der Waals surface area contributed by atoms with Crippen molar-refractivity contribution >= 4 is 0 Å². The molecule has 2 nitrogen and oxygen atoms in total. The van der Waals surface area contributed by atoms with Crippen LogP contribution < -0.4 is 4.74 Å². The second kappa shape index (κ2) is 10.7. The van der Waals surface area contributed by atoms with Crippen molar-refractivity contribution < 1.29 is 9.84 Å². The number of aliphatic hydroxyl groups is 1. The summed E-state index contributed by atoms with van der Waals surface area (Å²) in [6, 6.07) is 7.74. The van der Waals surface area contributed by atoms with Crippen LogP contribution >= 0.6 is 0 Å². The highest BCUT2D eigenvalue weighted by molar-refractivity contribution is 5.29. The third kappa shape index (κ3) is 6.95. The molecule has 0 bridgehead atoms. The van der Waals surface area contributed by atoms with Crippen LogP contribution in [0, 0.1) is 0 Å². The molecule has 1 atom stereocenters. The van der Waals surface area contributed by atoms with Gasteiger partial charge >= 0.3 is 0 Å². The zero-order valence-electron chi connectivity index (χ0n) is 13.1. The Kier molecular flexibility index (Phi) is 9.14. The molecule has 0 heterocycles. The van der Waals surface area contributed by atoms with Crippen LogP contribution in [-0.4, -0.2) is 12.2 Å². The highest BCUT2D eigenvalue weighted by atomic mass is 16.5. The monoisotopic (exact) mass is 278 g/mol. The normalized spacial score (nSPS) is 12.3. The van der Waals surface area contributed by atoms with Crippen LogP contribution in [0.15, 0.2) is 24.3 Å². The standard InChI is InChI=1S/C18H30O2/c1-3-4-5-6-7-8-9-10-14-18(19)16-12-11-13-17(15-16)20-2/h11-13,15,18-19H,3-10,14H2,1-2H3. The zero-order chi connectivity index (χ0) is 14.6. The molecule has 1 unspecified atom stereocenters. The molecule has 0 fully saturated rings. The van der Waals surface area contributed by atoms with Gasteiger partial charge in [-0.15, -0.1) is 0 Å². The first-order valence-electron chi connectivity index (χ1n) is 8.10. The maximum Gasteiger partial charge on any atom is 0.119 e. The molecule has 0 aliphatic rings. The van der Waals surface area contributed by atoms with E-state index in [2.05, 4.69) is 6.92 Å². The Balaban J connectivity index is 2.12. The first kappa shape index (κ1) is 17.0. The van der Waals surface area contributed by atoms with Crippen molar-refractivity contribution in [3.63, 3.8) is 0 Å². The minimum absolute atomic E-state index is 0.356. The van der Waals surface area contributed by atoms with Gasteiger partial charge in [0, 0.05) is 0 Å². The molecular weight excluding hydrogens is 248 g/mol. The summed E-state index contributed by atoms with van der Waals surface area (Å²) in [6.07, 6.45) is 10.9. The molecule has 0 saturated carbocycles. The van der Waals surface area contributed by atoms with E-state index in [1.54, 1.807) is 7.11 Å². The molecule has 114 valence electrons. The molecule has 1 aromatic rings. The van der Waals surface area contributed by atoms with Gasteiger partial charge < -0.3 is 9.84 Å². The summed E-state index contributed by atoms with van der Waals surface area (Å²) in [7, 11) is 1.66. The van der Waals surface area contributed by atoms with Crippen LogP contribution in [0.2, 0.25) is 0 Å². The van der Waals surface area contributed by atoms with Crippen LogP contribution in [0.25, 0.3) is 0 Å². The van der Waals surface area contributed by atoms with Gasteiger partial charge in [-0.1, -0.05) is 70.4 Å². The molecule has 0 radical (unpaired) electrons. The van der Waals surface area contributed by atoms with Crippen molar-refractivity contribution in [2.45, 2.75) is 70.8 Å². The van der Waals surface area contributed by atoms with E-state index in [1.165, 1.54) is 44.9 Å². The second-order valence-electron chi connectivity index (χ2n) is 5.56. The molecule has 20 heavy (non-hydrogen) atoms. The SMILES string of the molecule is CCCCCCCCCCC(O)c1cccc(OC)c1. The van der Waals surface area contributed by atoms with E-state index in [0.29, 0.717) is 0 Å². The lowest BCUT2D eigenvalue weighted by Crippen LogP contribution is -1.98. The molecule has 1 aromatic carbocycles. The van der Waals surface area contributed by atoms with Crippen molar-refractivity contribution in [1.82, 2.24) is 0 Å². The Bertz CT molecular complexity index is 349. The van der Waals surface area contributed by atoms with Crippen LogP contribution in [0.1, 0.15) is 76.4 Å². The first-order valence-corrected chi connectivity index (χ1v) is 8.10. The fraction of sp³-hybridized carbons (Fsp3) is 0.667. The molecule has 2 heteroatoms. The second-order valence-corrected chi connectivity index (χ2v) is 5.56. The van der Waals surface area contributed by atoms with Crippen molar-refractivity contribution in [2.24, 2.45) is 0 Å². The largest absolute Gasteiger partial charge is 0.497 e. The maximum absolute atomic E-state index is 10.2. The summed E-state index contributed by atoms with van der Waals surface area (Å²) in [5, 5.41) is 10.2. The number of hydrogen-bond acceptors (Lipinski definition) is 2. The van der Waals surface area contributed by atoms with E-state index in [-0.39, 0.29) is 6.10 Å². The number of unbranched alkanes of at least 4 members (excludes halogenated alkanes) is 7. The van der Waals surface area contributed by atoms with Gasteiger partial charge in [0.05, 0.1) is 13.2 Å². The van der Waals surface area contributed by atoms with E-state index in [1.807, 2.05) is 24.3 Å². The van der Waals surface area contributed by atoms with Crippen LogP contribution in [-0.2, 0) is 0 Å². The van der Waals surface area contributed by atoms with Crippen LogP contribution in [0.4, 0.5) is 0 Å². The Morgan fingerprint density at radius 1 is 1.00 bits per heavy atom. The van der Waals surface area contributed by atoms with Crippen molar-refractivity contribution in [1.29, 1.82) is 0 Å². The quantitative estimate of drug-likeness (QED) is 0.559. The van der Waals surface area contributed by atoms with E-state index in [4.69, 9.17) is 4.74 Å². The molecule has 0 aliphatic heterocycles. The summed E-state index contributed by atoms with van der Waals surface area (Å²) in [5.41, 5.74) is 0.965. The lowest BCUT2D eigenvalue weighted by atomic mass is 10.0. The third-order valence-electron chi connectivity index (χ3n) is 3.81. The van der Waals surface area contributed by atoms with Gasteiger partial charge in [0.2, 0.25) is 0 Å². The Hall–Kier alpha value is -1.02. The van der Waals surface area contributed by atoms with Gasteiger partial charge in [0.25, 0.3) is 0 Å². The Labute approximate surface area is 124 Å². The van der Waals surface area contributed by atoms with E-state index in [9.17, 15) is 5.11 Å². The average Bonchev–Trinajstić information content (AvgIpc) is 2.49. The number of rotatable bonds is 11. The summed E-state index contributed by atoms with van der Waals surface area (Å²) >= 11 is 0. The summed E-state index contributed by atoms with van der Waals surface area (Å²) in [5.74, 6) is 0.817. The zero-order valence-corrected chi connectivity index (χ0v) is 13.1. The van der Waals surface area contributed by atoms with Crippen molar-refractivity contribution in [2.75, 3.05) is 7.11 Å². The van der Waals surface area contributed by atoms with E-state index < -0.39 is 0 Å². The van der Waals surface area contributed by atoms with E-state index in [0.717, 1.165) is 24.2 Å². The van der Waals surface area contributed by atoms with Crippen molar-refractivity contribution in [3.05, 3.63) is 29.8 Å². The smallest absolute Gasteiger partial charge is 0.119 e. The van der Waals surface area contributed by atoms with Gasteiger partial charge in [-0.05, 0) is 24.1 Å². The lowest BCUT2D eigenvalue weighted by Gasteiger charge is -2.12. The molecular formula is C18H30O2. The van der Waals surface area contributed by atoms with Gasteiger partial charge in [0.15, 0.2) is 0 Å². The maximum atomic E-state index is 10.2. The molecule has 0 aliphatic carbocycles. The minimum atomic E-state index is -0.356. The number of ether oxygens (including phenoxy) is 1. The highest BCUT2D eigenvalue weighted by Gasteiger charge is 2.07. The Morgan fingerprint density at radius 2 is 1.65 bits per heavy atom. The first-order chi connectivity index (χ1) is 9.77. The predicted octanol–water partition coefficient (Wildman–Crippen LogP) is 5.26. The molecule has 0 spiro atoms. The number of methoxy groups -OCH3 is 1. The van der Waals surface area contributed by atoms with Crippen LogP contribution in [0.3, 0.4) is 0 Å². The Morgan fingerprint density at radius 3 is 2.30 bits per heavy atom. The summed E-state index contributed by atoms with van der Waals surface area (Å²) < 4.78 is 5.18. The summed E-state index contributed by atoms with van der Waals surface area (Å²) in [4.78, 5) is 0. The molecule has 0 saturated heterocycles. The van der Waals surface area contributed by atoms with Crippen LogP contribution in [0.5, 0.6) is 5.75 Å². The summed E-state index contributed by atoms with van der Waals surface area (Å²) in [6.45, 7) is 2.25. The number of hydrogen-bond donors (Lipinski definition) is 1. The van der Waals surface area contributed by atoms with Gasteiger partial charge in [-0.3, -0.25) is 0 Å². The van der Waals surface area contributed by atoms with Gasteiger partial charge in [-0.2, -0.15) is 0 Å². The van der Waals surface area contributed by atoms with Gasteiger partial charge in [0.1, 0.15) is 5.75 Å². The third-order valence-corrected chi connectivity index (χ3v) is 3.81. The van der Waals surface area contributed by atoms with E-state index >= 15 is 0 Å². The molecule has 0 aromatic heterocycles. The molecule has 1 N–H and O–H groups in total. The fourth-order valence-electron chi connectivity index (χ4n) is 2.49. The molecule has 0 amide bonds. The lowest BCUT2D eigenvalue weighted by molar-refractivity contribution is 0.163. The predicted molar refractivity (Wildman–Crippen MR) is 85.2 cm³/mol.